The summed E-state index contributed by atoms with van der Waals surface area (Å²) in [6.07, 6.45) is 2.49. The predicted octanol–water partition coefficient (Wildman–Crippen LogP) is 0.751. The van der Waals surface area contributed by atoms with Crippen molar-refractivity contribution in [2.45, 2.75) is 32.7 Å². The fraction of sp³-hybridized carbons (Fsp3) is 1.00. The van der Waals surface area contributed by atoms with Crippen LogP contribution in [0.2, 0.25) is 0 Å². The van der Waals surface area contributed by atoms with Crippen LogP contribution in [0.15, 0.2) is 0 Å². The monoisotopic (exact) mass is 199 g/mol. The Labute approximate surface area is 88.2 Å². The van der Waals surface area contributed by atoms with Gasteiger partial charge in [0.1, 0.15) is 0 Å². The molecule has 3 nitrogen and oxygen atoms in total. The lowest BCUT2D eigenvalue weighted by Crippen LogP contribution is -2.45. The highest BCUT2D eigenvalue weighted by Crippen LogP contribution is 2.07. The van der Waals surface area contributed by atoms with Crippen molar-refractivity contribution in [2.75, 3.05) is 39.3 Å². The first-order valence-electron chi connectivity index (χ1n) is 5.96. The second-order valence-electron chi connectivity index (χ2n) is 4.23. The minimum absolute atomic E-state index is 0.417. The summed E-state index contributed by atoms with van der Waals surface area (Å²) >= 11 is 0. The van der Waals surface area contributed by atoms with Gasteiger partial charge >= 0.3 is 0 Å². The Bertz CT molecular complexity index is 145. The highest BCUT2D eigenvalue weighted by molar-refractivity contribution is 4.75. The van der Waals surface area contributed by atoms with E-state index in [4.69, 9.17) is 5.73 Å². The fourth-order valence-corrected chi connectivity index (χ4v) is 2.12. The van der Waals surface area contributed by atoms with E-state index in [1.54, 1.807) is 0 Å². The minimum Gasteiger partial charge on any atom is -0.327 e. The summed E-state index contributed by atoms with van der Waals surface area (Å²) in [5.41, 5.74) is 5.94. The van der Waals surface area contributed by atoms with Crippen molar-refractivity contribution in [3.63, 3.8) is 0 Å². The molecule has 1 aliphatic rings. The van der Waals surface area contributed by atoms with Crippen LogP contribution in [0.3, 0.4) is 0 Å². The molecule has 0 saturated carbocycles. The average molecular weight is 199 g/mol. The van der Waals surface area contributed by atoms with E-state index >= 15 is 0 Å². The number of hydrogen-bond acceptors (Lipinski definition) is 3. The first kappa shape index (κ1) is 12.0. The highest BCUT2D eigenvalue weighted by atomic mass is 15.2. The lowest BCUT2D eigenvalue weighted by atomic mass is 10.1. The molecular formula is C11H25N3. The van der Waals surface area contributed by atoms with Crippen LogP contribution in [-0.2, 0) is 0 Å². The van der Waals surface area contributed by atoms with Gasteiger partial charge in [0.25, 0.3) is 0 Å². The van der Waals surface area contributed by atoms with Crippen molar-refractivity contribution < 1.29 is 0 Å². The van der Waals surface area contributed by atoms with E-state index in [0.717, 1.165) is 19.6 Å². The van der Waals surface area contributed by atoms with Gasteiger partial charge in [-0.3, -0.25) is 0 Å². The topological polar surface area (TPSA) is 32.5 Å². The summed E-state index contributed by atoms with van der Waals surface area (Å²) in [7, 11) is 0. The van der Waals surface area contributed by atoms with Crippen molar-refractivity contribution >= 4 is 0 Å². The molecule has 0 aromatic carbocycles. The Balaban J connectivity index is 2.16. The average Bonchev–Trinajstić information content (AvgIpc) is 2.19. The molecule has 84 valence electrons. The molecule has 2 N–H and O–H groups in total. The summed E-state index contributed by atoms with van der Waals surface area (Å²) in [6.45, 7) is 11.5. The maximum absolute atomic E-state index is 5.94. The molecule has 0 aromatic rings. The summed E-state index contributed by atoms with van der Waals surface area (Å²) in [5, 5.41) is 0. The molecule has 0 aliphatic carbocycles. The number of likely N-dealkylation sites (tertiary alicyclic amines) is 1. The molecule has 0 spiro atoms. The zero-order chi connectivity index (χ0) is 10.4. The number of hydrogen-bond donors (Lipinski definition) is 1. The maximum atomic E-state index is 5.94. The molecule has 14 heavy (non-hydrogen) atoms. The third kappa shape index (κ3) is 3.95. The third-order valence-electron chi connectivity index (χ3n) is 3.17. The van der Waals surface area contributed by atoms with Crippen molar-refractivity contribution in [1.29, 1.82) is 0 Å². The number of nitrogens with two attached hydrogens (primary N) is 1. The van der Waals surface area contributed by atoms with Gasteiger partial charge in [0.2, 0.25) is 0 Å². The summed E-state index contributed by atoms with van der Waals surface area (Å²) in [5.74, 6) is 0. The molecule has 1 atom stereocenters. The molecule has 1 fully saturated rings. The lowest BCUT2D eigenvalue weighted by molar-refractivity contribution is 0.176. The van der Waals surface area contributed by atoms with E-state index in [0.29, 0.717) is 6.04 Å². The second-order valence-corrected chi connectivity index (χ2v) is 4.23. The number of nitrogens with zero attached hydrogens (tertiary/aromatic N) is 2. The van der Waals surface area contributed by atoms with Crippen LogP contribution in [-0.4, -0.2) is 55.1 Å². The molecule has 3 heteroatoms. The Morgan fingerprint density at radius 3 is 2.64 bits per heavy atom. The lowest BCUT2D eigenvalue weighted by Gasteiger charge is -2.32. The normalized spacial score (nSPS) is 24.4. The summed E-state index contributed by atoms with van der Waals surface area (Å²) in [4.78, 5) is 4.98. The summed E-state index contributed by atoms with van der Waals surface area (Å²) in [6, 6.07) is 0.417. The zero-order valence-electron chi connectivity index (χ0n) is 9.71. The Kier molecular flexibility index (Phi) is 5.45. The van der Waals surface area contributed by atoms with Crippen LogP contribution in [0, 0.1) is 0 Å². The Hall–Kier alpha value is -0.120. The summed E-state index contributed by atoms with van der Waals surface area (Å²) < 4.78 is 0. The Morgan fingerprint density at radius 2 is 2.07 bits per heavy atom. The van der Waals surface area contributed by atoms with Crippen molar-refractivity contribution in [3.8, 4) is 0 Å². The smallest absolute Gasteiger partial charge is 0.0168 e. The molecule has 1 saturated heterocycles. The number of piperidine rings is 1. The molecule has 1 aliphatic heterocycles. The molecule has 0 aromatic heterocycles. The quantitative estimate of drug-likeness (QED) is 0.709. The van der Waals surface area contributed by atoms with Crippen molar-refractivity contribution in [2.24, 2.45) is 5.73 Å². The van der Waals surface area contributed by atoms with Crippen LogP contribution < -0.4 is 5.73 Å². The molecule has 1 heterocycles. The Morgan fingerprint density at radius 1 is 1.36 bits per heavy atom. The SMILES string of the molecule is CCN(CC)CCN1CCC[C@@H](N)C1. The van der Waals surface area contributed by atoms with Gasteiger partial charge in [-0.15, -0.1) is 0 Å². The van der Waals surface area contributed by atoms with Crippen molar-refractivity contribution in [1.82, 2.24) is 9.80 Å². The van der Waals surface area contributed by atoms with E-state index in [-0.39, 0.29) is 0 Å². The van der Waals surface area contributed by atoms with Crippen LogP contribution in [0.5, 0.6) is 0 Å². The molecule has 1 rings (SSSR count). The van der Waals surface area contributed by atoms with Gasteiger partial charge in [-0.25, -0.2) is 0 Å². The van der Waals surface area contributed by atoms with E-state index in [1.165, 1.54) is 32.5 Å². The standard InChI is InChI=1S/C11H25N3/c1-3-13(4-2)8-9-14-7-5-6-11(12)10-14/h11H,3-10,12H2,1-2H3/t11-/m1/s1. The van der Waals surface area contributed by atoms with Crippen LogP contribution in [0.25, 0.3) is 0 Å². The maximum Gasteiger partial charge on any atom is 0.0168 e. The van der Waals surface area contributed by atoms with Crippen LogP contribution in [0.4, 0.5) is 0 Å². The highest BCUT2D eigenvalue weighted by Gasteiger charge is 2.16. The largest absolute Gasteiger partial charge is 0.327 e. The molecule has 0 unspecified atom stereocenters. The van der Waals surface area contributed by atoms with Crippen LogP contribution >= 0.6 is 0 Å². The van der Waals surface area contributed by atoms with E-state index in [9.17, 15) is 0 Å². The van der Waals surface area contributed by atoms with Gasteiger partial charge < -0.3 is 15.5 Å². The minimum atomic E-state index is 0.417. The van der Waals surface area contributed by atoms with Gasteiger partial charge in [-0.1, -0.05) is 13.8 Å². The van der Waals surface area contributed by atoms with Gasteiger partial charge in [0.05, 0.1) is 0 Å². The third-order valence-corrected chi connectivity index (χ3v) is 3.17. The van der Waals surface area contributed by atoms with Gasteiger partial charge in [-0.05, 0) is 32.5 Å². The van der Waals surface area contributed by atoms with Gasteiger partial charge in [0, 0.05) is 25.7 Å². The van der Waals surface area contributed by atoms with Gasteiger partial charge in [0.15, 0.2) is 0 Å². The molecule has 0 amide bonds. The first-order chi connectivity index (χ1) is 6.76. The molecular weight excluding hydrogens is 174 g/mol. The predicted molar refractivity (Wildman–Crippen MR) is 61.4 cm³/mol. The van der Waals surface area contributed by atoms with E-state index in [1.807, 2.05) is 0 Å². The first-order valence-corrected chi connectivity index (χ1v) is 5.96. The molecule has 0 bridgehead atoms. The van der Waals surface area contributed by atoms with Crippen molar-refractivity contribution in [3.05, 3.63) is 0 Å². The van der Waals surface area contributed by atoms with E-state index < -0.39 is 0 Å². The van der Waals surface area contributed by atoms with E-state index in [2.05, 4.69) is 23.6 Å². The van der Waals surface area contributed by atoms with Gasteiger partial charge in [-0.2, -0.15) is 0 Å². The zero-order valence-corrected chi connectivity index (χ0v) is 9.71. The fourth-order valence-electron chi connectivity index (χ4n) is 2.12. The number of likely N-dealkylation sites (N-methyl/N-ethyl adjacent to an activating group) is 1. The second kappa shape index (κ2) is 6.38. The number of rotatable bonds is 5. The molecule has 0 radical (unpaired) electrons. The van der Waals surface area contributed by atoms with Crippen LogP contribution in [0.1, 0.15) is 26.7 Å².